The summed E-state index contributed by atoms with van der Waals surface area (Å²) in [6.07, 6.45) is 1.46. The lowest BCUT2D eigenvalue weighted by Gasteiger charge is -2.09. The van der Waals surface area contributed by atoms with Gasteiger partial charge in [-0.15, -0.1) is 0 Å². The van der Waals surface area contributed by atoms with E-state index in [-0.39, 0.29) is 5.92 Å². The van der Waals surface area contributed by atoms with E-state index in [1.165, 1.54) is 19.4 Å². The molecule has 0 amide bonds. The standard InChI is InChI=1S/C11H12N2O2/c1-7(2)10-9(11(14)15-3)4-8(5-12)6-13-10/h4,6-7H,1-3H3. The van der Waals surface area contributed by atoms with Crippen molar-refractivity contribution in [1.82, 2.24) is 4.98 Å². The van der Waals surface area contributed by atoms with E-state index >= 15 is 0 Å². The molecule has 1 aromatic heterocycles. The highest BCUT2D eigenvalue weighted by Crippen LogP contribution is 2.18. The topological polar surface area (TPSA) is 63.0 Å². The van der Waals surface area contributed by atoms with Crippen molar-refractivity contribution in [1.29, 1.82) is 5.26 Å². The van der Waals surface area contributed by atoms with E-state index in [0.717, 1.165) is 0 Å². The molecule has 0 bridgehead atoms. The number of rotatable bonds is 2. The van der Waals surface area contributed by atoms with Crippen LogP contribution in [0.5, 0.6) is 0 Å². The van der Waals surface area contributed by atoms with Crippen molar-refractivity contribution in [2.45, 2.75) is 19.8 Å². The Morgan fingerprint density at radius 3 is 2.73 bits per heavy atom. The fraction of sp³-hybridized carbons (Fsp3) is 0.364. The van der Waals surface area contributed by atoms with Gasteiger partial charge in [-0.2, -0.15) is 5.26 Å². The molecule has 1 heterocycles. The van der Waals surface area contributed by atoms with Crippen LogP contribution in [0.2, 0.25) is 0 Å². The molecule has 0 saturated heterocycles. The van der Waals surface area contributed by atoms with Crippen molar-refractivity contribution in [2.75, 3.05) is 7.11 Å². The number of ether oxygens (including phenoxy) is 1. The molecule has 4 nitrogen and oxygen atoms in total. The number of esters is 1. The highest BCUT2D eigenvalue weighted by atomic mass is 16.5. The second-order valence-electron chi connectivity index (χ2n) is 3.41. The van der Waals surface area contributed by atoms with Crippen LogP contribution in [0.25, 0.3) is 0 Å². The summed E-state index contributed by atoms with van der Waals surface area (Å²) in [5, 5.41) is 8.70. The van der Waals surface area contributed by atoms with E-state index in [2.05, 4.69) is 9.72 Å². The summed E-state index contributed by atoms with van der Waals surface area (Å²) in [6, 6.07) is 3.45. The first-order valence-corrected chi connectivity index (χ1v) is 4.58. The van der Waals surface area contributed by atoms with Gasteiger partial charge < -0.3 is 4.74 Å². The van der Waals surface area contributed by atoms with Crippen LogP contribution in [-0.2, 0) is 4.74 Å². The number of carbonyl (C=O) groups excluding carboxylic acids is 1. The summed E-state index contributed by atoms with van der Waals surface area (Å²) < 4.78 is 4.64. The Morgan fingerprint density at radius 1 is 1.60 bits per heavy atom. The van der Waals surface area contributed by atoms with Crippen molar-refractivity contribution in [3.63, 3.8) is 0 Å². The molecule has 0 aliphatic carbocycles. The molecule has 1 rings (SSSR count). The van der Waals surface area contributed by atoms with E-state index in [1.807, 2.05) is 19.9 Å². The highest BCUT2D eigenvalue weighted by Gasteiger charge is 2.16. The Balaban J connectivity index is 3.30. The van der Waals surface area contributed by atoms with Crippen LogP contribution in [0, 0.1) is 11.3 Å². The van der Waals surface area contributed by atoms with Crippen LogP contribution in [0.4, 0.5) is 0 Å². The van der Waals surface area contributed by atoms with Crippen LogP contribution >= 0.6 is 0 Å². The first-order chi connectivity index (χ1) is 7.10. The van der Waals surface area contributed by atoms with E-state index < -0.39 is 5.97 Å². The molecule has 0 unspecified atom stereocenters. The highest BCUT2D eigenvalue weighted by molar-refractivity contribution is 5.91. The van der Waals surface area contributed by atoms with Crippen molar-refractivity contribution < 1.29 is 9.53 Å². The summed E-state index contributed by atoms with van der Waals surface area (Å²) in [5.41, 5.74) is 1.38. The summed E-state index contributed by atoms with van der Waals surface area (Å²) in [6.45, 7) is 3.86. The van der Waals surface area contributed by atoms with Crippen molar-refractivity contribution in [2.24, 2.45) is 0 Å². The minimum Gasteiger partial charge on any atom is -0.465 e. The van der Waals surface area contributed by atoms with Gasteiger partial charge in [0.05, 0.1) is 23.9 Å². The van der Waals surface area contributed by atoms with Crippen LogP contribution < -0.4 is 0 Å². The van der Waals surface area contributed by atoms with Gasteiger partial charge in [0.15, 0.2) is 0 Å². The zero-order valence-corrected chi connectivity index (χ0v) is 8.94. The van der Waals surface area contributed by atoms with Gasteiger partial charge in [0.2, 0.25) is 0 Å². The molecule has 15 heavy (non-hydrogen) atoms. The van der Waals surface area contributed by atoms with Gasteiger partial charge >= 0.3 is 5.97 Å². The molecule has 0 N–H and O–H groups in total. The molecule has 0 atom stereocenters. The zero-order valence-electron chi connectivity index (χ0n) is 8.94. The van der Waals surface area contributed by atoms with Gasteiger partial charge in [-0.1, -0.05) is 13.8 Å². The van der Waals surface area contributed by atoms with Gasteiger partial charge in [-0.25, -0.2) is 4.79 Å². The SMILES string of the molecule is COC(=O)c1cc(C#N)cnc1C(C)C. The maximum atomic E-state index is 11.4. The van der Waals surface area contributed by atoms with E-state index in [0.29, 0.717) is 16.8 Å². The van der Waals surface area contributed by atoms with E-state index in [1.54, 1.807) is 0 Å². The average Bonchev–Trinajstić information content (AvgIpc) is 2.26. The molecular weight excluding hydrogens is 192 g/mol. The van der Waals surface area contributed by atoms with Crippen LogP contribution in [-0.4, -0.2) is 18.1 Å². The Hall–Kier alpha value is -1.89. The molecule has 0 aromatic carbocycles. The fourth-order valence-electron chi connectivity index (χ4n) is 1.27. The maximum absolute atomic E-state index is 11.4. The lowest BCUT2D eigenvalue weighted by Crippen LogP contribution is -2.09. The molecule has 4 heteroatoms. The largest absolute Gasteiger partial charge is 0.465 e. The van der Waals surface area contributed by atoms with Gasteiger partial charge in [0.1, 0.15) is 6.07 Å². The molecule has 0 fully saturated rings. The summed E-state index contributed by atoms with van der Waals surface area (Å²) in [5.74, 6) is -0.338. The first kappa shape index (κ1) is 11.2. The van der Waals surface area contributed by atoms with E-state index in [9.17, 15) is 4.79 Å². The zero-order chi connectivity index (χ0) is 11.4. The van der Waals surface area contributed by atoms with Gasteiger partial charge in [-0.3, -0.25) is 4.98 Å². The second kappa shape index (κ2) is 4.56. The molecule has 1 aromatic rings. The van der Waals surface area contributed by atoms with Crippen molar-refractivity contribution in [3.05, 3.63) is 29.1 Å². The lowest BCUT2D eigenvalue weighted by molar-refractivity contribution is 0.0598. The Morgan fingerprint density at radius 2 is 2.27 bits per heavy atom. The minimum absolute atomic E-state index is 0.117. The normalized spacial score (nSPS) is 9.80. The Kier molecular flexibility index (Phi) is 3.40. The number of aromatic nitrogens is 1. The number of nitrogens with zero attached hydrogens (tertiary/aromatic N) is 2. The third-order valence-electron chi connectivity index (χ3n) is 2.00. The number of methoxy groups -OCH3 is 1. The van der Waals surface area contributed by atoms with Crippen molar-refractivity contribution >= 4 is 5.97 Å². The third kappa shape index (κ3) is 2.32. The predicted molar refractivity (Wildman–Crippen MR) is 54.4 cm³/mol. The van der Waals surface area contributed by atoms with Gasteiger partial charge in [0.25, 0.3) is 0 Å². The van der Waals surface area contributed by atoms with E-state index in [4.69, 9.17) is 5.26 Å². The van der Waals surface area contributed by atoms with Crippen molar-refractivity contribution in [3.8, 4) is 6.07 Å². The maximum Gasteiger partial charge on any atom is 0.339 e. The molecule has 78 valence electrons. The number of carbonyl (C=O) groups is 1. The third-order valence-corrected chi connectivity index (χ3v) is 2.00. The lowest BCUT2D eigenvalue weighted by atomic mass is 10.0. The quantitative estimate of drug-likeness (QED) is 0.690. The smallest absolute Gasteiger partial charge is 0.339 e. The Labute approximate surface area is 88.5 Å². The number of hydrogen-bond donors (Lipinski definition) is 0. The molecule has 0 radical (unpaired) electrons. The Bertz CT molecular complexity index is 419. The molecule has 0 spiro atoms. The number of nitriles is 1. The predicted octanol–water partition coefficient (Wildman–Crippen LogP) is 1.86. The minimum atomic E-state index is -0.455. The average molecular weight is 204 g/mol. The molecule has 0 saturated carbocycles. The fourth-order valence-corrected chi connectivity index (χ4v) is 1.27. The van der Waals surface area contributed by atoms with Gasteiger partial charge in [0, 0.05) is 6.20 Å². The monoisotopic (exact) mass is 204 g/mol. The summed E-state index contributed by atoms with van der Waals surface area (Å²) >= 11 is 0. The molecular formula is C11H12N2O2. The van der Waals surface area contributed by atoms with Gasteiger partial charge in [-0.05, 0) is 12.0 Å². The summed E-state index contributed by atoms with van der Waals surface area (Å²) in [7, 11) is 1.31. The molecule has 0 aliphatic rings. The van der Waals surface area contributed by atoms with Crippen LogP contribution in [0.3, 0.4) is 0 Å². The first-order valence-electron chi connectivity index (χ1n) is 4.58. The number of hydrogen-bond acceptors (Lipinski definition) is 4. The van der Waals surface area contributed by atoms with Crippen LogP contribution in [0.1, 0.15) is 41.4 Å². The second-order valence-corrected chi connectivity index (χ2v) is 3.41. The molecule has 0 aliphatic heterocycles. The number of pyridine rings is 1. The summed E-state index contributed by atoms with van der Waals surface area (Å²) in [4.78, 5) is 15.5. The van der Waals surface area contributed by atoms with Crippen LogP contribution in [0.15, 0.2) is 12.3 Å².